The normalized spacial score (nSPS) is 10.8. The Morgan fingerprint density at radius 2 is 1.87 bits per heavy atom. The molecule has 0 spiro atoms. The number of hydrazone groups is 1. The van der Waals surface area contributed by atoms with Crippen molar-refractivity contribution in [1.29, 1.82) is 0 Å². The third kappa shape index (κ3) is 5.14. The van der Waals surface area contributed by atoms with Crippen LogP contribution in [-0.4, -0.2) is 25.3 Å². The van der Waals surface area contributed by atoms with Gasteiger partial charge in [0.1, 0.15) is 11.5 Å². The van der Waals surface area contributed by atoms with Crippen LogP contribution in [0.25, 0.3) is 0 Å². The maximum Gasteiger partial charge on any atom is 0.271 e. The van der Waals surface area contributed by atoms with Crippen molar-refractivity contribution in [2.24, 2.45) is 5.10 Å². The van der Waals surface area contributed by atoms with Gasteiger partial charge < -0.3 is 9.47 Å². The highest BCUT2D eigenvalue weighted by atomic mass is 16.5. The van der Waals surface area contributed by atoms with Crippen LogP contribution in [0.4, 0.5) is 0 Å². The molecule has 2 aromatic rings. The van der Waals surface area contributed by atoms with E-state index in [1.807, 2.05) is 38.1 Å². The van der Waals surface area contributed by atoms with E-state index >= 15 is 0 Å². The third-order valence-corrected chi connectivity index (χ3v) is 2.96. The van der Waals surface area contributed by atoms with Crippen LogP contribution in [0.15, 0.2) is 53.6 Å². The maximum atomic E-state index is 12.0. The average Bonchev–Trinajstić information content (AvgIpc) is 2.55. The molecule has 2 rings (SSSR count). The molecule has 0 fully saturated rings. The molecule has 0 unspecified atom stereocenters. The Bertz CT molecular complexity index is 679. The Labute approximate surface area is 135 Å². The van der Waals surface area contributed by atoms with E-state index in [0.717, 1.165) is 17.1 Å². The molecule has 1 amide bonds. The number of amides is 1. The SMILES string of the molecule is COc1cccc(/C=N\NC(=O)c2ccc(OC(C)C)cc2)c1. The lowest BCUT2D eigenvalue weighted by Crippen LogP contribution is -2.17. The van der Waals surface area contributed by atoms with Crippen LogP contribution >= 0.6 is 0 Å². The Kier molecular flexibility index (Phi) is 5.74. The van der Waals surface area contributed by atoms with Gasteiger partial charge in [0.15, 0.2) is 0 Å². The Balaban J connectivity index is 1.94. The first kappa shape index (κ1) is 16.5. The molecule has 0 radical (unpaired) electrons. The molecule has 0 atom stereocenters. The van der Waals surface area contributed by atoms with E-state index in [4.69, 9.17) is 9.47 Å². The van der Waals surface area contributed by atoms with Crippen molar-refractivity contribution >= 4 is 12.1 Å². The molecule has 120 valence electrons. The minimum Gasteiger partial charge on any atom is -0.497 e. The average molecular weight is 312 g/mol. The van der Waals surface area contributed by atoms with E-state index in [1.165, 1.54) is 0 Å². The quantitative estimate of drug-likeness (QED) is 0.658. The molecule has 5 nitrogen and oxygen atoms in total. The van der Waals surface area contributed by atoms with E-state index in [9.17, 15) is 4.79 Å². The Hall–Kier alpha value is -2.82. The minimum atomic E-state index is -0.278. The van der Waals surface area contributed by atoms with E-state index in [1.54, 1.807) is 37.6 Å². The summed E-state index contributed by atoms with van der Waals surface area (Å²) in [5.41, 5.74) is 3.85. The van der Waals surface area contributed by atoms with Crippen LogP contribution in [-0.2, 0) is 0 Å². The standard InChI is InChI=1S/C18H20N2O3/c1-13(2)23-16-9-7-15(8-10-16)18(21)20-19-12-14-5-4-6-17(11-14)22-3/h4-13H,1-3H3,(H,20,21)/b19-12-. The van der Waals surface area contributed by atoms with Crippen molar-refractivity contribution in [3.63, 3.8) is 0 Å². The summed E-state index contributed by atoms with van der Waals surface area (Å²) in [5, 5.41) is 3.95. The number of nitrogens with zero attached hydrogens (tertiary/aromatic N) is 1. The fraction of sp³-hybridized carbons (Fsp3) is 0.222. The first-order valence-corrected chi connectivity index (χ1v) is 7.32. The minimum absolute atomic E-state index is 0.0992. The van der Waals surface area contributed by atoms with Gasteiger partial charge in [0.05, 0.1) is 19.4 Å². The van der Waals surface area contributed by atoms with Gasteiger partial charge in [-0.25, -0.2) is 5.43 Å². The monoisotopic (exact) mass is 312 g/mol. The number of benzene rings is 2. The molecular weight excluding hydrogens is 292 g/mol. The Morgan fingerprint density at radius 1 is 1.13 bits per heavy atom. The van der Waals surface area contributed by atoms with Gasteiger partial charge in [-0.3, -0.25) is 4.79 Å². The molecule has 2 aromatic carbocycles. The topological polar surface area (TPSA) is 59.9 Å². The Morgan fingerprint density at radius 3 is 2.52 bits per heavy atom. The lowest BCUT2D eigenvalue weighted by molar-refractivity contribution is 0.0955. The number of carbonyl (C=O) groups excluding carboxylic acids is 1. The summed E-state index contributed by atoms with van der Waals surface area (Å²) >= 11 is 0. The highest BCUT2D eigenvalue weighted by molar-refractivity contribution is 5.95. The van der Waals surface area contributed by atoms with Gasteiger partial charge in [0.25, 0.3) is 5.91 Å². The second-order valence-electron chi connectivity index (χ2n) is 5.17. The van der Waals surface area contributed by atoms with Crippen molar-refractivity contribution in [2.45, 2.75) is 20.0 Å². The maximum absolute atomic E-state index is 12.0. The first-order chi connectivity index (χ1) is 11.1. The molecule has 1 N–H and O–H groups in total. The van der Waals surface area contributed by atoms with Gasteiger partial charge in [0, 0.05) is 5.56 Å². The molecule has 0 heterocycles. The summed E-state index contributed by atoms with van der Waals surface area (Å²) in [6.45, 7) is 3.90. The largest absolute Gasteiger partial charge is 0.497 e. The summed E-state index contributed by atoms with van der Waals surface area (Å²) in [5.74, 6) is 1.19. The van der Waals surface area contributed by atoms with Gasteiger partial charge in [0.2, 0.25) is 0 Å². The second-order valence-corrected chi connectivity index (χ2v) is 5.17. The number of hydrogen-bond acceptors (Lipinski definition) is 4. The van der Waals surface area contributed by atoms with Gasteiger partial charge in [-0.15, -0.1) is 0 Å². The molecular formula is C18H20N2O3. The first-order valence-electron chi connectivity index (χ1n) is 7.32. The molecule has 0 aromatic heterocycles. The molecule has 0 saturated carbocycles. The molecule has 0 aliphatic heterocycles. The van der Waals surface area contributed by atoms with Crippen LogP contribution < -0.4 is 14.9 Å². The molecule has 0 aliphatic rings. The lowest BCUT2D eigenvalue weighted by Gasteiger charge is -2.09. The van der Waals surface area contributed by atoms with Gasteiger partial charge in [-0.2, -0.15) is 5.10 Å². The van der Waals surface area contributed by atoms with Gasteiger partial charge in [-0.05, 0) is 55.8 Å². The van der Waals surface area contributed by atoms with E-state index in [-0.39, 0.29) is 12.0 Å². The second kappa shape index (κ2) is 7.98. The fourth-order valence-electron chi connectivity index (χ4n) is 1.91. The summed E-state index contributed by atoms with van der Waals surface area (Å²) in [4.78, 5) is 12.0. The zero-order valence-electron chi connectivity index (χ0n) is 13.4. The predicted octanol–water partition coefficient (Wildman–Crippen LogP) is 3.25. The van der Waals surface area contributed by atoms with Crippen molar-refractivity contribution in [3.05, 3.63) is 59.7 Å². The van der Waals surface area contributed by atoms with E-state index in [2.05, 4.69) is 10.5 Å². The van der Waals surface area contributed by atoms with Crippen LogP contribution in [0.1, 0.15) is 29.8 Å². The number of hydrogen-bond donors (Lipinski definition) is 1. The number of methoxy groups -OCH3 is 1. The van der Waals surface area contributed by atoms with E-state index in [0.29, 0.717) is 5.56 Å². The molecule has 0 bridgehead atoms. The van der Waals surface area contributed by atoms with E-state index < -0.39 is 0 Å². The predicted molar refractivity (Wildman–Crippen MR) is 90.3 cm³/mol. The zero-order valence-corrected chi connectivity index (χ0v) is 13.4. The summed E-state index contributed by atoms with van der Waals surface area (Å²) in [6, 6.07) is 14.3. The lowest BCUT2D eigenvalue weighted by atomic mass is 10.2. The number of rotatable bonds is 6. The highest BCUT2D eigenvalue weighted by Crippen LogP contribution is 2.14. The van der Waals surface area contributed by atoms with Crippen molar-refractivity contribution < 1.29 is 14.3 Å². The fourth-order valence-corrected chi connectivity index (χ4v) is 1.91. The summed E-state index contributed by atoms with van der Waals surface area (Å²) < 4.78 is 10.7. The van der Waals surface area contributed by atoms with Gasteiger partial charge in [-0.1, -0.05) is 12.1 Å². The van der Waals surface area contributed by atoms with Crippen molar-refractivity contribution in [3.8, 4) is 11.5 Å². The smallest absolute Gasteiger partial charge is 0.271 e. The van der Waals surface area contributed by atoms with Crippen molar-refractivity contribution in [2.75, 3.05) is 7.11 Å². The number of nitrogens with one attached hydrogen (secondary N) is 1. The number of carbonyl (C=O) groups is 1. The van der Waals surface area contributed by atoms with Gasteiger partial charge >= 0.3 is 0 Å². The highest BCUT2D eigenvalue weighted by Gasteiger charge is 2.05. The summed E-state index contributed by atoms with van der Waals surface area (Å²) in [6.07, 6.45) is 1.67. The molecule has 0 saturated heterocycles. The molecule has 5 heteroatoms. The van der Waals surface area contributed by atoms with Crippen molar-refractivity contribution in [1.82, 2.24) is 5.43 Å². The number of ether oxygens (including phenoxy) is 2. The summed E-state index contributed by atoms with van der Waals surface area (Å²) in [7, 11) is 1.60. The van der Waals surface area contributed by atoms with Crippen LogP contribution in [0.3, 0.4) is 0 Å². The molecule has 0 aliphatic carbocycles. The van der Waals surface area contributed by atoms with Crippen LogP contribution in [0, 0.1) is 0 Å². The zero-order chi connectivity index (χ0) is 16.7. The molecule has 23 heavy (non-hydrogen) atoms. The van der Waals surface area contributed by atoms with Crippen LogP contribution in [0.2, 0.25) is 0 Å². The third-order valence-electron chi connectivity index (χ3n) is 2.96. The van der Waals surface area contributed by atoms with Crippen LogP contribution in [0.5, 0.6) is 11.5 Å².